The third kappa shape index (κ3) is 3.16. The van der Waals surface area contributed by atoms with E-state index in [-0.39, 0.29) is 16.4 Å². The molecule has 1 aliphatic rings. The minimum absolute atomic E-state index is 0.0226. The molecule has 120 valence electrons. The van der Waals surface area contributed by atoms with Crippen LogP contribution in [0, 0.1) is 11.3 Å². The molecule has 2 unspecified atom stereocenters. The molecule has 0 radical (unpaired) electrons. The van der Waals surface area contributed by atoms with Gasteiger partial charge >= 0.3 is 0 Å². The topological polar surface area (TPSA) is 72.0 Å². The quantitative estimate of drug-likeness (QED) is 0.932. The van der Waals surface area contributed by atoms with Crippen LogP contribution in [0.1, 0.15) is 40.0 Å². The molecule has 1 aliphatic carbocycles. The van der Waals surface area contributed by atoms with Gasteiger partial charge < -0.3 is 0 Å². The highest BCUT2D eigenvalue weighted by atomic mass is 32.2. The van der Waals surface area contributed by atoms with E-state index < -0.39 is 10.0 Å². The molecule has 0 saturated heterocycles. The fraction of sp³-hybridized carbons (Fsp3) is 0.600. The summed E-state index contributed by atoms with van der Waals surface area (Å²) in [5.74, 6) is 0.521. The predicted molar refractivity (Wildman–Crippen MR) is 88.3 cm³/mol. The molecule has 5 nitrogen and oxygen atoms in total. The molecule has 0 spiro atoms. The highest BCUT2D eigenvalue weighted by Crippen LogP contribution is 2.39. The number of rotatable bonds is 3. The molecule has 1 saturated carbocycles. The van der Waals surface area contributed by atoms with E-state index in [0.29, 0.717) is 17.0 Å². The second-order valence-electron chi connectivity index (χ2n) is 7.12. The Morgan fingerprint density at radius 2 is 2.05 bits per heavy atom. The van der Waals surface area contributed by atoms with Crippen LogP contribution in [0.25, 0.3) is 11.0 Å². The van der Waals surface area contributed by atoms with Gasteiger partial charge in [0.25, 0.3) is 0 Å². The van der Waals surface area contributed by atoms with E-state index in [4.69, 9.17) is 0 Å². The van der Waals surface area contributed by atoms with E-state index in [0.717, 1.165) is 31.0 Å². The lowest BCUT2D eigenvalue weighted by molar-refractivity contribution is 0.163. The van der Waals surface area contributed by atoms with Crippen LogP contribution in [0.4, 0.5) is 0 Å². The minimum Gasteiger partial charge on any atom is -0.208 e. The first-order valence-electron chi connectivity index (χ1n) is 7.50. The van der Waals surface area contributed by atoms with Gasteiger partial charge in [0.2, 0.25) is 10.0 Å². The number of nitrogens with one attached hydrogen (secondary N) is 1. The Morgan fingerprint density at radius 3 is 2.77 bits per heavy atom. The van der Waals surface area contributed by atoms with Crippen LogP contribution >= 0.6 is 11.7 Å². The molecule has 1 N–H and O–H groups in total. The highest BCUT2D eigenvalue weighted by Gasteiger charge is 2.34. The van der Waals surface area contributed by atoms with Crippen molar-refractivity contribution in [2.24, 2.45) is 11.3 Å². The maximum atomic E-state index is 12.8. The lowest BCUT2D eigenvalue weighted by Gasteiger charge is -2.39. The molecule has 7 heteroatoms. The molecule has 3 rings (SSSR count). The highest BCUT2D eigenvalue weighted by molar-refractivity contribution is 7.89. The fourth-order valence-electron chi connectivity index (χ4n) is 3.72. The zero-order chi connectivity index (χ0) is 16.0. The molecular formula is C15H21N3O2S2. The molecule has 1 aromatic carbocycles. The van der Waals surface area contributed by atoms with Crippen molar-refractivity contribution < 1.29 is 8.42 Å². The summed E-state index contributed by atoms with van der Waals surface area (Å²) in [6.07, 6.45) is 2.88. The Labute approximate surface area is 135 Å². The van der Waals surface area contributed by atoms with Crippen molar-refractivity contribution in [1.29, 1.82) is 0 Å². The first-order valence-corrected chi connectivity index (χ1v) is 9.72. The van der Waals surface area contributed by atoms with E-state index in [1.807, 2.05) is 0 Å². The Morgan fingerprint density at radius 1 is 1.27 bits per heavy atom. The number of hydrogen-bond acceptors (Lipinski definition) is 5. The zero-order valence-electron chi connectivity index (χ0n) is 13.0. The maximum Gasteiger partial charge on any atom is 0.243 e. The van der Waals surface area contributed by atoms with Gasteiger partial charge in [0.1, 0.15) is 15.9 Å². The van der Waals surface area contributed by atoms with Gasteiger partial charge in [-0.2, -0.15) is 8.75 Å². The summed E-state index contributed by atoms with van der Waals surface area (Å²) in [6.45, 7) is 6.59. The van der Waals surface area contributed by atoms with Crippen LogP contribution in [-0.2, 0) is 10.0 Å². The molecule has 2 atom stereocenters. The van der Waals surface area contributed by atoms with Crippen molar-refractivity contribution in [1.82, 2.24) is 13.5 Å². The van der Waals surface area contributed by atoms with Gasteiger partial charge in [0, 0.05) is 6.04 Å². The van der Waals surface area contributed by atoms with Crippen LogP contribution in [-0.4, -0.2) is 23.2 Å². The van der Waals surface area contributed by atoms with Crippen LogP contribution < -0.4 is 4.72 Å². The Balaban J connectivity index is 1.89. The van der Waals surface area contributed by atoms with Gasteiger partial charge in [-0.15, -0.1) is 0 Å². The Kier molecular flexibility index (Phi) is 3.99. The van der Waals surface area contributed by atoms with Gasteiger partial charge in [-0.3, -0.25) is 0 Å². The van der Waals surface area contributed by atoms with Gasteiger partial charge in [0.15, 0.2) is 0 Å². The van der Waals surface area contributed by atoms with E-state index in [1.165, 1.54) is 0 Å². The molecular weight excluding hydrogens is 318 g/mol. The van der Waals surface area contributed by atoms with Crippen molar-refractivity contribution in [2.45, 2.75) is 51.0 Å². The van der Waals surface area contributed by atoms with Crippen molar-refractivity contribution in [3.63, 3.8) is 0 Å². The van der Waals surface area contributed by atoms with Crippen LogP contribution in [0.2, 0.25) is 0 Å². The second kappa shape index (κ2) is 5.54. The number of benzene rings is 1. The second-order valence-corrected chi connectivity index (χ2v) is 9.33. The summed E-state index contributed by atoms with van der Waals surface area (Å²) in [7, 11) is -3.58. The van der Waals surface area contributed by atoms with Crippen LogP contribution in [0.5, 0.6) is 0 Å². The summed E-state index contributed by atoms with van der Waals surface area (Å²) < 4.78 is 36.6. The first-order chi connectivity index (χ1) is 10.3. The third-order valence-electron chi connectivity index (χ3n) is 4.25. The standard InChI is InChI=1S/C15H21N3O2S2/c1-10-7-11(9-15(2,3)8-10)18-22(19,20)13-6-4-5-12-14(13)17-21-16-12/h4-6,10-11,18H,7-9H2,1-3H3. The van der Waals surface area contributed by atoms with Crippen LogP contribution in [0.3, 0.4) is 0 Å². The summed E-state index contributed by atoms with van der Waals surface area (Å²) in [4.78, 5) is 0.231. The minimum atomic E-state index is -3.58. The Bertz CT molecular complexity index is 783. The molecule has 0 bridgehead atoms. The number of aromatic nitrogens is 2. The average Bonchev–Trinajstić information content (AvgIpc) is 2.82. The van der Waals surface area contributed by atoms with Crippen molar-refractivity contribution in [3.8, 4) is 0 Å². The largest absolute Gasteiger partial charge is 0.243 e. The predicted octanol–water partition coefficient (Wildman–Crippen LogP) is 3.18. The first kappa shape index (κ1) is 15.8. The summed E-state index contributed by atoms with van der Waals surface area (Å²) in [5.41, 5.74) is 1.26. The normalized spacial score (nSPS) is 25.4. The SMILES string of the molecule is CC1CC(NS(=O)(=O)c2cccc3nsnc23)CC(C)(C)C1. The number of nitrogens with zero attached hydrogens (tertiary/aromatic N) is 2. The van der Waals surface area contributed by atoms with E-state index >= 15 is 0 Å². The Hall–Kier alpha value is -1.05. The number of sulfonamides is 1. The van der Waals surface area contributed by atoms with Gasteiger partial charge in [-0.1, -0.05) is 26.8 Å². The summed E-state index contributed by atoms with van der Waals surface area (Å²) >= 11 is 1.04. The molecule has 0 amide bonds. The fourth-order valence-corrected chi connectivity index (χ4v) is 5.73. The maximum absolute atomic E-state index is 12.8. The summed E-state index contributed by atoms with van der Waals surface area (Å²) in [6, 6.07) is 5.07. The third-order valence-corrected chi connectivity index (χ3v) is 6.34. The van der Waals surface area contributed by atoms with Crippen LogP contribution in [0.15, 0.2) is 23.1 Å². The average molecular weight is 339 g/mol. The van der Waals surface area contributed by atoms with Crippen molar-refractivity contribution >= 4 is 32.8 Å². The van der Waals surface area contributed by atoms with E-state index in [1.54, 1.807) is 18.2 Å². The molecule has 1 fully saturated rings. The summed E-state index contributed by atoms with van der Waals surface area (Å²) in [5, 5.41) is 0. The van der Waals surface area contributed by atoms with Gasteiger partial charge in [0.05, 0.1) is 11.7 Å². The molecule has 1 heterocycles. The molecule has 2 aromatic rings. The number of fused-ring (bicyclic) bond motifs is 1. The van der Waals surface area contributed by atoms with Crippen molar-refractivity contribution in [3.05, 3.63) is 18.2 Å². The lowest BCUT2D eigenvalue weighted by atomic mass is 9.71. The zero-order valence-corrected chi connectivity index (χ0v) is 14.7. The van der Waals surface area contributed by atoms with Crippen molar-refractivity contribution in [2.75, 3.05) is 0 Å². The lowest BCUT2D eigenvalue weighted by Crippen LogP contribution is -2.42. The van der Waals surface area contributed by atoms with Gasteiger partial charge in [-0.25, -0.2) is 13.1 Å². The smallest absolute Gasteiger partial charge is 0.208 e. The molecule has 0 aliphatic heterocycles. The van der Waals surface area contributed by atoms with E-state index in [9.17, 15) is 8.42 Å². The van der Waals surface area contributed by atoms with E-state index in [2.05, 4.69) is 34.2 Å². The molecule has 1 aromatic heterocycles. The molecule has 22 heavy (non-hydrogen) atoms. The van der Waals surface area contributed by atoms with Gasteiger partial charge in [-0.05, 0) is 42.7 Å². The number of hydrogen-bond donors (Lipinski definition) is 1. The monoisotopic (exact) mass is 339 g/mol.